The van der Waals surface area contributed by atoms with E-state index in [2.05, 4.69) is 16.4 Å². The van der Waals surface area contributed by atoms with Gasteiger partial charge in [-0.05, 0) is 31.2 Å². The highest BCUT2D eigenvalue weighted by Gasteiger charge is 2.12. The molecule has 2 N–H and O–H groups in total. The van der Waals surface area contributed by atoms with E-state index in [4.69, 9.17) is 5.26 Å². The number of aromatic amines is 1. The Kier molecular flexibility index (Phi) is 3.01. The van der Waals surface area contributed by atoms with Crippen molar-refractivity contribution in [1.29, 1.82) is 5.26 Å². The number of H-pyrrole nitrogens is 1. The maximum atomic E-state index is 12.2. The molecule has 0 bridgehead atoms. The van der Waals surface area contributed by atoms with Crippen molar-refractivity contribution in [3.05, 3.63) is 52.5 Å². The van der Waals surface area contributed by atoms with Gasteiger partial charge in [-0.15, -0.1) is 11.3 Å². The fourth-order valence-corrected chi connectivity index (χ4v) is 2.97. The number of hydrogen-bond donors (Lipinski definition) is 2. The minimum atomic E-state index is -0.242. The molecule has 0 fully saturated rings. The molecule has 0 saturated carbocycles. The Bertz CT molecular complexity index is 807. The summed E-state index contributed by atoms with van der Waals surface area (Å²) in [5, 5.41) is 11.8. The molecule has 0 unspecified atom stereocenters. The Hall–Kier alpha value is -2.58. The third-order valence-electron chi connectivity index (χ3n) is 2.97. The zero-order valence-electron chi connectivity index (χ0n) is 10.7. The second-order valence-electron chi connectivity index (χ2n) is 4.43. The number of anilines is 1. The summed E-state index contributed by atoms with van der Waals surface area (Å²) in [6.07, 6.45) is 0. The number of para-hydroxylation sites is 1. The summed E-state index contributed by atoms with van der Waals surface area (Å²) in [5.41, 5.74) is 2.43. The molecule has 3 aromatic rings. The molecule has 0 aliphatic carbocycles. The van der Waals surface area contributed by atoms with Crippen LogP contribution in [0, 0.1) is 18.3 Å². The molecule has 0 aliphatic rings. The number of carbonyl (C=O) groups is 1. The number of amides is 1. The first kappa shape index (κ1) is 12.5. The lowest BCUT2D eigenvalue weighted by Crippen LogP contribution is -2.13. The van der Waals surface area contributed by atoms with Crippen LogP contribution in [0.3, 0.4) is 0 Å². The van der Waals surface area contributed by atoms with Crippen molar-refractivity contribution in [2.75, 3.05) is 5.32 Å². The number of hydrogen-bond acceptors (Lipinski definition) is 3. The van der Waals surface area contributed by atoms with E-state index in [9.17, 15) is 4.79 Å². The number of thiophene rings is 1. The Morgan fingerprint density at radius 3 is 2.90 bits per heavy atom. The number of benzene rings is 1. The average Bonchev–Trinajstić information content (AvgIpc) is 2.96. The van der Waals surface area contributed by atoms with Crippen molar-refractivity contribution in [1.82, 2.24) is 4.98 Å². The largest absolute Gasteiger partial charge is 0.350 e. The van der Waals surface area contributed by atoms with E-state index in [-0.39, 0.29) is 5.91 Å². The van der Waals surface area contributed by atoms with Gasteiger partial charge in [0.05, 0.1) is 21.5 Å². The van der Waals surface area contributed by atoms with E-state index >= 15 is 0 Å². The Morgan fingerprint density at radius 1 is 1.35 bits per heavy atom. The Morgan fingerprint density at radius 2 is 2.15 bits per heavy atom. The number of aromatic nitrogens is 1. The van der Waals surface area contributed by atoms with Gasteiger partial charge in [0.1, 0.15) is 11.8 Å². The van der Waals surface area contributed by atoms with E-state index in [1.54, 1.807) is 35.6 Å². The third-order valence-corrected chi connectivity index (χ3v) is 3.97. The normalized spacial score (nSPS) is 10.4. The van der Waals surface area contributed by atoms with Crippen molar-refractivity contribution in [2.24, 2.45) is 0 Å². The second kappa shape index (κ2) is 4.83. The fraction of sp³-hybridized carbons (Fsp3) is 0.0667. The summed E-state index contributed by atoms with van der Waals surface area (Å²) in [6.45, 7) is 2.03. The maximum Gasteiger partial charge on any atom is 0.272 e. The molecule has 0 spiro atoms. The van der Waals surface area contributed by atoms with Crippen LogP contribution in [0.2, 0.25) is 0 Å². The molecule has 1 amide bonds. The second-order valence-corrected chi connectivity index (χ2v) is 5.72. The smallest absolute Gasteiger partial charge is 0.272 e. The molecule has 0 saturated heterocycles. The minimum absolute atomic E-state index is 0.242. The Balaban J connectivity index is 1.89. The number of carbonyl (C=O) groups excluding carboxylic acids is 1. The highest BCUT2D eigenvalue weighted by atomic mass is 32.1. The molecule has 98 valence electrons. The van der Waals surface area contributed by atoms with Crippen LogP contribution < -0.4 is 5.32 Å². The predicted molar refractivity (Wildman–Crippen MR) is 80.0 cm³/mol. The van der Waals surface area contributed by atoms with E-state index < -0.39 is 0 Å². The lowest BCUT2D eigenvalue weighted by Gasteiger charge is -2.05. The Labute approximate surface area is 119 Å². The quantitative estimate of drug-likeness (QED) is 0.752. The van der Waals surface area contributed by atoms with Crippen molar-refractivity contribution in [2.45, 2.75) is 6.92 Å². The van der Waals surface area contributed by atoms with Crippen molar-refractivity contribution in [3.8, 4) is 6.07 Å². The maximum absolute atomic E-state index is 12.2. The van der Waals surface area contributed by atoms with Crippen LogP contribution in [0.1, 0.15) is 20.9 Å². The molecule has 3 rings (SSSR count). The van der Waals surface area contributed by atoms with E-state index in [0.29, 0.717) is 16.9 Å². The zero-order valence-corrected chi connectivity index (χ0v) is 11.5. The summed E-state index contributed by atoms with van der Waals surface area (Å²) >= 11 is 1.64. The first-order valence-electron chi connectivity index (χ1n) is 6.07. The van der Waals surface area contributed by atoms with Crippen molar-refractivity contribution < 1.29 is 4.79 Å². The van der Waals surface area contributed by atoms with Crippen LogP contribution in [-0.4, -0.2) is 10.9 Å². The van der Waals surface area contributed by atoms with Gasteiger partial charge in [0, 0.05) is 4.88 Å². The van der Waals surface area contributed by atoms with Gasteiger partial charge in [-0.25, -0.2) is 0 Å². The number of aryl methyl sites for hydroxylation is 1. The number of nitrogens with zero attached hydrogens (tertiary/aromatic N) is 1. The fourth-order valence-electron chi connectivity index (χ4n) is 2.05. The van der Waals surface area contributed by atoms with Gasteiger partial charge < -0.3 is 10.3 Å². The number of rotatable bonds is 2. The van der Waals surface area contributed by atoms with Gasteiger partial charge in [0.15, 0.2) is 0 Å². The van der Waals surface area contributed by atoms with Gasteiger partial charge in [-0.1, -0.05) is 12.1 Å². The van der Waals surface area contributed by atoms with E-state index in [0.717, 1.165) is 10.2 Å². The van der Waals surface area contributed by atoms with Gasteiger partial charge in [-0.2, -0.15) is 5.26 Å². The van der Waals surface area contributed by atoms with Gasteiger partial charge in [0.25, 0.3) is 5.91 Å². The summed E-state index contributed by atoms with van der Waals surface area (Å²) in [4.78, 5) is 16.5. The van der Waals surface area contributed by atoms with Crippen LogP contribution in [0.5, 0.6) is 0 Å². The summed E-state index contributed by atoms with van der Waals surface area (Å²) in [6, 6.07) is 12.8. The van der Waals surface area contributed by atoms with Crippen LogP contribution >= 0.6 is 11.3 Å². The highest BCUT2D eigenvalue weighted by molar-refractivity contribution is 7.19. The van der Waals surface area contributed by atoms with Crippen LogP contribution in [0.15, 0.2) is 36.4 Å². The standard InChI is InChI=1S/C15H11N3OS/c1-9-6-12-14(20-9)7-13(17-12)15(19)18-11-5-3-2-4-10(11)8-16/h2-7,17H,1H3,(H,18,19). The summed E-state index contributed by atoms with van der Waals surface area (Å²) in [7, 11) is 0. The van der Waals surface area contributed by atoms with Gasteiger partial charge >= 0.3 is 0 Å². The van der Waals surface area contributed by atoms with Crippen molar-refractivity contribution in [3.63, 3.8) is 0 Å². The van der Waals surface area contributed by atoms with Crippen LogP contribution in [0.25, 0.3) is 10.2 Å². The zero-order chi connectivity index (χ0) is 14.1. The topological polar surface area (TPSA) is 68.7 Å². The summed E-state index contributed by atoms with van der Waals surface area (Å²) in [5.74, 6) is -0.242. The average molecular weight is 281 g/mol. The number of nitriles is 1. The predicted octanol–water partition coefficient (Wildman–Crippen LogP) is 3.66. The first-order chi connectivity index (χ1) is 9.67. The van der Waals surface area contributed by atoms with Gasteiger partial charge in [-0.3, -0.25) is 4.79 Å². The highest BCUT2D eigenvalue weighted by Crippen LogP contribution is 2.26. The van der Waals surface area contributed by atoms with Crippen LogP contribution in [-0.2, 0) is 0 Å². The monoisotopic (exact) mass is 281 g/mol. The molecule has 0 aliphatic heterocycles. The third kappa shape index (κ3) is 2.17. The molecular weight excluding hydrogens is 270 g/mol. The van der Waals surface area contributed by atoms with E-state index in [1.807, 2.05) is 19.1 Å². The van der Waals surface area contributed by atoms with Crippen LogP contribution in [0.4, 0.5) is 5.69 Å². The molecule has 5 heteroatoms. The van der Waals surface area contributed by atoms with Crippen molar-refractivity contribution >= 4 is 33.1 Å². The molecule has 2 aromatic heterocycles. The molecule has 2 heterocycles. The number of nitrogens with one attached hydrogen (secondary N) is 2. The first-order valence-corrected chi connectivity index (χ1v) is 6.88. The molecule has 1 aromatic carbocycles. The lowest BCUT2D eigenvalue weighted by atomic mass is 10.2. The van der Waals surface area contributed by atoms with Gasteiger partial charge in [0.2, 0.25) is 0 Å². The lowest BCUT2D eigenvalue weighted by molar-refractivity contribution is 0.102. The molecule has 0 radical (unpaired) electrons. The number of fused-ring (bicyclic) bond motifs is 1. The minimum Gasteiger partial charge on any atom is -0.350 e. The summed E-state index contributed by atoms with van der Waals surface area (Å²) < 4.78 is 1.06. The SMILES string of the molecule is Cc1cc2[nH]c(C(=O)Nc3ccccc3C#N)cc2s1. The molecule has 4 nitrogen and oxygen atoms in total. The van der Waals surface area contributed by atoms with E-state index in [1.165, 1.54) is 4.88 Å². The molecule has 20 heavy (non-hydrogen) atoms. The molecule has 0 atom stereocenters. The molecular formula is C15H11N3OS.